The summed E-state index contributed by atoms with van der Waals surface area (Å²) in [7, 11) is 0. The molecule has 3 rings (SSSR count). The molecule has 1 aromatic heterocycles. The van der Waals surface area contributed by atoms with Crippen LogP contribution in [-0.2, 0) is 0 Å². The summed E-state index contributed by atoms with van der Waals surface area (Å²) in [5.74, 6) is -0.955. The molecule has 0 spiro atoms. The number of rotatable bonds is 3. The number of carbonyl (C=O) groups excluding carboxylic acids is 1. The van der Waals surface area contributed by atoms with Crippen LogP contribution in [0.25, 0.3) is 17.0 Å². The first-order chi connectivity index (χ1) is 11.1. The normalized spacial score (nSPS) is 11.4. The lowest BCUT2D eigenvalue weighted by molar-refractivity contribution is 0.104. The summed E-state index contributed by atoms with van der Waals surface area (Å²) in [4.78, 5) is 15.5. The molecule has 1 N–H and O–H groups in total. The van der Waals surface area contributed by atoms with Crippen LogP contribution in [-0.4, -0.2) is 10.8 Å². The van der Waals surface area contributed by atoms with Gasteiger partial charge in [0.25, 0.3) is 0 Å². The second-order valence-corrected chi connectivity index (χ2v) is 5.35. The van der Waals surface area contributed by atoms with Crippen molar-refractivity contribution in [3.63, 3.8) is 0 Å². The van der Waals surface area contributed by atoms with E-state index in [1.807, 2.05) is 6.07 Å². The average molecular weight is 325 g/mol. The maximum absolute atomic E-state index is 13.7. The molecule has 0 atom stereocenters. The van der Waals surface area contributed by atoms with E-state index >= 15 is 0 Å². The van der Waals surface area contributed by atoms with Gasteiger partial charge in [-0.3, -0.25) is 4.79 Å². The molecule has 0 saturated heterocycles. The molecule has 5 heteroatoms. The van der Waals surface area contributed by atoms with Crippen LogP contribution in [0.4, 0.5) is 4.39 Å². The summed E-state index contributed by atoms with van der Waals surface area (Å²) in [6, 6.07) is 12.9. The fraction of sp³-hybridized carbons (Fsp3) is 0. The fourth-order valence-corrected chi connectivity index (χ4v) is 2.50. The third-order valence-corrected chi connectivity index (χ3v) is 3.69. The summed E-state index contributed by atoms with van der Waals surface area (Å²) in [5.41, 5.74) is 1.11. The molecule has 2 aromatic carbocycles. The van der Waals surface area contributed by atoms with Crippen molar-refractivity contribution >= 4 is 34.4 Å². The molecule has 0 fully saturated rings. The quantitative estimate of drug-likeness (QED) is 0.429. The van der Waals surface area contributed by atoms with E-state index in [1.54, 1.807) is 30.3 Å². The summed E-state index contributed by atoms with van der Waals surface area (Å²) in [6.45, 7) is 0. The maximum Gasteiger partial charge on any atom is 0.205 e. The third kappa shape index (κ3) is 2.87. The minimum atomic E-state index is -0.487. The molecule has 0 bridgehead atoms. The molecule has 0 unspecified atom stereocenters. The number of nitriles is 1. The number of fused-ring (bicyclic) bond motifs is 1. The molecule has 112 valence electrons. The highest BCUT2D eigenvalue weighted by Gasteiger charge is 2.17. The highest BCUT2D eigenvalue weighted by atomic mass is 35.5. The summed E-state index contributed by atoms with van der Waals surface area (Å²) >= 11 is 5.91. The van der Waals surface area contributed by atoms with Crippen molar-refractivity contribution in [2.75, 3.05) is 0 Å². The first kappa shape index (κ1) is 15.0. The molecule has 0 aliphatic rings. The molecule has 0 aliphatic heterocycles. The zero-order valence-electron chi connectivity index (χ0n) is 11.8. The van der Waals surface area contributed by atoms with Crippen molar-refractivity contribution < 1.29 is 9.18 Å². The number of nitrogens with zero attached hydrogens (tertiary/aromatic N) is 1. The monoisotopic (exact) mass is 324 g/mol. The van der Waals surface area contributed by atoms with Crippen molar-refractivity contribution in [2.45, 2.75) is 0 Å². The van der Waals surface area contributed by atoms with Gasteiger partial charge in [-0.05, 0) is 24.3 Å². The molecule has 3 nitrogen and oxygen atoms in total. The van der Waals surface area contributed by atoms with Gasteiger partial charge >= 0.3 is 0 Å². The Morgan fingerprint density at radius 1 is 1.26 bits per heavy atom. The van der Waals surface area contributed by atoms with Crippen LogP contribution >= 0.6 is 11.6 Å². The summed E-state index contributed by atoms with van der Waals surface area (Å²) < 4.78 is 13.7. The predicted molar refractivity (Wildman–Crippen MR) is 87.6 cm³/mol. The molecule has 23 heavy (non-hydrogen) atoms. The second kappa shape index (κ2) is 6.07. The van der Waals surface area contributed by atoms with E-state index in [9.17, 15) is 14.4 Å². The molecule has 0 amide bonds. The van der Waals surface area contributed by atoms with Crippen LogP contribution in [0.1, 0.15) is 15.9 Å². The van der Waals surface area contributed by atoms with Gasteiger partial charge in [0.2, 0.25) is 5.78 Å². The molecule has 0 aliphatic carbocycles. The lowest BCUT2D eigenvalue weighted by Gasteiger charge is -2.00. The molecule has 0 saturated carbocycles. The Morgan fingerprint density at radius 3 is 2.78 bits per heavy atom. The van der Waals surface area contributed by atoms with E-state index in [1.165, 1.54) is 24.4 Å². The second-order valence-electron chi connectivity index (χ2n) is 4.91. The number of aromatic nitrogens is 1. The number of allylic oxidation sites excluding steroid dienone is 1. The van der Waals surface area contributed by atoms with Crippen LogP contribution in [0, 0.1) is 17.1 Å². The van der Waals surface area contributed by atoms with E-state index in [0.717, 1.165) is 0 Å². The van der Waals surface area contributed by atoms with Gasteiger partial charge in [-0.2, -0.15) is 5.26 Å². The highest BCUT2D eigenvalue weighted by molar-refractivity contribution is 6.31. The van der Waals surface area contributed by atoms with E-state index in [-0.39, 0.29) is 11.1 Å². The van der Waals surface area contributed by atoms with Gasteiger partial charge in [0.05, 0.1) is 0 Å². The minimum absolute atomic E-state index is 0.133. The van der Waals surface area contributed by atoms with E-state index in [4.69, 9.17) is 11.6 Å². The van der Waals surface area contributed by atoms with Crippen molar-refractivity contribution in [1.29, 1.82) is 5.26 Å². The van der Waals surface area contributed by atoms with Crippen LogP contribution < -0.4 is 0 Å². The van der Waals surface area contributed by atoms with Gasteiger partial charge in [0, 0.05) is 33.2 Å². The number of H-pyrrole nitrogens is 1. The van der Waals surface area contributed by atoms with E-state index in [2.05, 4.69) is 4.98 Å². The zero-order chi connectivity index (χ0) is 16.4. The number of halogens is 2. The maximum atomic E-state index is 13.7. The first-order valence-electron chi connectivity index (χ1n) is 6.78. The SMILES string of the molecule is N#C/C(=C\c1ccccc1F)C(=O)c1c[nH]c2cc(Cl)ccc12. The van der Waals surface area contributed by atoms with Crippen LogP contribution in [0.2, 0.25) is 5.02 Å². The Bertz CT molecular complexity index is 982. The Kier molecular flexibility index (Phi) is 3.96. The largest absolute Gasteiger partial charge is 0.360 e. The first-order valence-corrected chi connectivity index (χ1v) is 7.15. The molecule has 1 heterocycles. The molecular weight excluding hydrogens is 315 g/mol. The van der Waals surface area contributed by atoms with Crippen molar-refractivity contribution in [1.82, 2.24) is 4.98 Å². The van der Waals surface area contributed by atoms with Gasteiger partial charge in [-0.25, -0.2) is 4.39 Å². The third-order valence-electron chi connectivity index (χ3n) is 3.46. The topological polar surface area (TPSA) is 56.6 Å². The standard InChI is InChI=1S/C18H10ClFN2O/c19-13-5-6-14-15(10-22-17(14)8-13)18(23)12(9-21)7-11-3-1-2-4-16(11)20/h1-8,10,22H/b12-7+. The van der Waals surface area contributed by atoms with Gasteiger partial charge in [0.15, 0.2) is 0 Å². The fourth-order valence-electron chi connectivity index (χ4n) is 2.33. The number of hydrogen-bond donors (Lipinski definition) is 1. The predicted octanol–water partition coefficient (Wildman–Crippen LogP) is 4.75. The molecule has 3 aromatic rings. The summed E-state index contributed by atoms with van der Waals surface area (Å²) in [6.07, 6.45) is 2.78. The number of carbonyl (C=O) groups is 1. The Hall–Kier alpha value is -2.90. The number of nitrogens with one attached hydrogen (secondary N) is 1. The zero-order valence-corrected chi connectivity index (χ0v) is 12.6. The smallest absolute Gasteiger partial charge is 0.205 e. The van der Waals surface area contributed by atoms with Gasteiger partial charge in [-0.15, -0.1) is 0 Å². The highest BCUT2D eigenvalue weighted by Crippen LogP contribution is 2.24. The number of ketones is 1. The van der Waals surface area contributed by atoms with Crippen molar-refractivity contribution in [2.24, 2.45) is 0 Å². The Balaban J connectivity index is 2.06. The van der Waals surface area contributed by atoms with Crippen LogP contribution in [0.15, 0.2) is 54.2 Å². The van der Waals surface area contributed by atoms with Crippen LogP contribution in [0.5, 0.6) is 0 Å². The van der Waals surface area contributed by atoms with Crippen LogP contribution in [0.3, 0.4) is 0 Å². The van der Waals surface area contributed by atoms with Gasteiger partial charge in [0.1, 0.15) is 17.5 Å². The lowest BCUT2D eigenvalue weighted by Crippen LogP contribution is -2.01. The minimum Gasteiger partial charge on any atom is -0.360 e. The lowest BCUT2D eigenvalue weighted by atomic mass is 10.0. The number of aromatic amines is 1. The van der Waals surface area contributed by atoms with Crippen molar-refractivity contribution in [3.05, 3.63) is 76.2 Å². The Labute approximate surface area is 136 Å². The van der Waals surface area contributed by atoms with Gasteiger partial charge in [-0.1, -0.05) is 35.9 Å². The summed E-state index contributed by atoms with van der Waals surface area (Å²) in [5, 5.41) is 10.5. The Morgan fingerprint density at radius 2 is 2.04 bits per heavy atom. The van der Waals surface area contributed by atoms with Crippen molar-refractivity contribution in [3.8, 4) is 6.07 Å². The number of benzene rings is 2. The molecule has 0 radical (unpaired) electrons. The van der Waals surface area contributed by atoms with Gasteiger partial charge < -0.3 is 4.98 Å². The number of hydrogen-bond acceptors (Lipinski definition) is 2. The van der Waals surface area contributed by atoms with E-state index in [0.29, 0.717) is 21.5 Å². The molecular formula is C18H10ClFN2O. The average Bonchev–Trinajstić information content (AvgIpc) is 2.96. The number of Topliss-reactive ketones (excluding diaryl/α,β-unsaturated/α-hetero) is 1. The van der Waals surface area contributed by atoms with E-state index < -0.39 is 11.6 Å².